The van der Waals surface area contributed by atoms with Crippen molar-refractivity contribution in [3.63, 3.8) is 0 Å². The number of carbonyl (C=O) groups is 1. The van der Waals surface area contributed by atoms with Crippen LogP contribution in [0.3, 0.4) is 0 Å². The highest BCUT2D eigenvalue weighted by atomic mass is 16.1. The van der Waals surface area contributed by atoms with Crippen molar-refractivity contribution in [2.75, 3.05) is 20.6 Å². The first-order valence-electron chi connectivity index (χ1n) is 7.27. The molecular weight excluding hydrogens is 250 g/mol. The average molecular weight is 275 g/mol. The van der Waals surface area contributed by atoms with E-state index >= 15 is 0 Å². The van der Waals surface area contributed by atoms with Crippen LogP contribution in [0.5, 0.6) is 0 Å². The van der Waals surface area contributed by atoms with Gasteiger partial charge in [0, 0.05) is 18.5 Å². The van der Waals surface area contributed by atoms with Crippen molar-refractivity contribution in [3.8, 4) is 0 Å². The number of carbonyl (C=O) groups excluding carboxylic acids is 1. The van der Waals surface area contributed by atoms with E-state index in [1.165, 1.54) is 5.56 Å². The van der Waals surface area contributed by atoms with Gasteiger partial charge in [0.05, 0.1) is 6.04 Å². The lowest BCUT2D eigenvalue weighted by atomic mass is 9.75. The molecule has 1 saturated carbocycles. The second kappa shape index (κ2) is 6.37. The van der Waals surface area contributed by atoms with Gasteiger partial charge in [-0.15, -0.1) is 0 Å². The lowest BCUT2D eigenvalue weighted by Gasteiger charge is -2.37. The zero-order valence-corrected chi connectivity index (χ0v) is 12.4. The van der Waals surface area contributed by atoms with Crippen LogP contribution >= 0.6 is 0 Å². The molecule has 1 aromatic carbocycles. The number of benzene rings is 1. The van der Waals surface area contributed by atoms with Crippen LogP contribution in [0.2, 0.25) is 0 Å². The molecule has 0 aliphatic heterocycles. The molecule has 0 bridgehead atoms. The number of rotatable bonds is 6. The zero-order valence-electron chi connectivity index (χ0n) is 12.4. The fourth-order valence-corrected chi connectivity index (χ4v) is 2.67. The minimum Gasteiger partial charge on any atom is -0.354 e. The molecule has 1 aliphatic carbocycles. The highest BCUT2D eigenvalue weighted by Crippen LogP contribution is 2.31. The lowest BCUT2D eigenvalue weighted by molar-refractivity contribution is -0.123. The first-order valence-corrected chi connectivity index (χ1v) is 7.27. The number of nitrogens with one attached hydrogen (secondary N) is 1. The van der Waals surface area contributed by atoms with E-state index in [1.807, 2.05) is 32.3 Å². The number of hydrogen-bond donors (Lipinski definition) is 2. The van der Waals surface area contributed by atoms with Crippen LogP contribution in [0.1, 0.15) is 37.3 Å². The van der Waals surface area contributed by atoms with Gasteiger partial charge in [-0.3, -0.25) is 4.79 Å². The molecule has 1 amide bonds. The molecule has 0 saturated heterocycles. The normalized spacial score (nSPS) is 18.4. The highest BCUT2D eigenvalue weighted by Gasteiger charge is 2.34. The summed E-state index contributed by atoms with van der Waals surface area (Å²) < 4.78 is 0. The molecule has 110 valence electrons. The highest BCUT2D eigenvalue weighted by molar-refractivity contribution is 5.77. The molecule has 2 rings (SSSR count). The standard InChI is InChI=1S/C16H25N3O/c1-19(2)14(13-7-4-3-5-8-13)12-18-15(20)11-16(17)9-6-10-16/h3-5,7-8,14H,6,9-12,17H2,1-2H3,(H,18,20). The molecule has 1 unspecified atom stereocenters. The first kappa shape index (κ1) is 15.0. The van der Waals surface area contributed by atoms with Crippen LogP contribution in [0, 0.1) is 0 Å². The molecule has 1 aromatic rings. The van der Waals surface area contributed by atoms with Crippen molar-refractivity contribution in [2.24, 2.45) is 5.73 Å². The van der Waals surface area contributed by atoms with Crippen molar-refractivity contribution < 1.29 is 4.79 Å². The van der Waals surface area contributed by atoms with E-state index in [4.69, 9.17) is 5.73 Å². The largest absolute Gasteiger partial charge is 0.354 e. The van der Waals surface area contributed by atoms with Crippen molar-refractivity contribution in [3.05, 3.63) is 35.9 Å². The van der Waals surface area contributed by atoms with Gasteiger partial charge in [-0.25, -0.2) is 0 Å². The third-order valence-electron chi connectivity index (χ3n) is 4.16. The third-order valence-corrected chi connectivity index (χ3v) is 4.16. The monoisotopic (exact) mass is 275 g/mol. The van der Waals surface area contributed by atoms with Crippen LogP contribution in [0.4, 0.5) is 0 Å². The summed E-state index contributed by atoms with van der Waals surface area (Å²) in [6, 6.07) is 10.4. The molecule has 0 radical (unpaired) electrons. The lowest BCUT2D eigenvalue weighted by Crippen LogP contribution is -2.50. The van der Waals surface area contributed by atoms with Crippen LogP contribution in [-0.4, -0.2) is 37.0 Å². The number of hydrogen-bond acceptors (Lipinski definition) is 3. The van der Waals surface area contributed by atoms with Crippen LogP contribution in [-0.2, 0) is 4.79 Å². The topological polar surface area (TPSA) is 58.4 Å². The molecule has 1 fully saturated rings. The van der Waals surface area contributed by atoms with Gasteiger partial charge in [-0.2, -0.15) is 0 Å². The molecular formula is C16H25N3O. The Balaban J connectivity index is 1.88. The maximum absolute atomic E-state index is 12.0. The number of nitrogens with zero attached hydrogens (tertiary/aromatic N) is 1. The van der Waals surface area contributed by atoms with E-state index in [0.29, 0.717) is 13.0 Å². The fourth-order valence-electron chi connectivity index (χ4n) is 2.67. The van der Waals surface area contributed by atoms with Gasteiger partial charge in [0.15, 0.2) is 0 Å². The molecule has 0 heterocycles. The minimum atomic E-state index is -0.246. The number of nitrogens with two attached hydrogens (primary N) is 1. The Kier molecular flexibility index (Phi) is 4.78. The Bertz CT molecular complexity index is 440. The average Bonchev–Trinajstić information content (AvgIpc) is 2.38. The van der Waals surface area contributed by atoms with Crippen LogP contribution in [0.15, 0.2) is 30.3 Å². The summed E-state index contributed by atoms with van der Waals surface area (Å²) in [6.07, 6.45) is 3.53. The SMILES string of the molecule is CN(C)C(CNC(=O)CC1(N)CCC1)c1ccccc1. The van der Waals surface area contributed by atoms with Crippen molar-refractivity contribution in [2.45, 2.75) is 37.3 Å². The summed E-state index contributed by atoms with van der Waals surface area (Å²) in [7, 11) is 4.06. The van der Waals surface area contributed by atoms with Gasteiger partial charge < -0.3 is 16.0 Å². The van der Waals surface area contributed by atoms with Gasteiger partial charge >= 0.3 is 0 Å². The fraction of sp³-hybridized carbons (Fsp3) is 0.562. The van der Waals surface area contributed by atoms with Gasteiger partial charge in [-0.1, -0.05) is 30.3 Å². The van der Waals surface area contributed by atoms with E-state index in [2.05, 4.69) is 22.3 Å². The smallest absolute Gasteiger partial charge is 0.221 e. The van der Waals surface area contributed by atoms with Gasteiger partial charge in [-0.05, 0) is 38.9 Å². The van der Waals surface area contributed by atoms with E-state index in [1.54, 1.807) is 0 Å². The quantitative estimate of drug-likeness (QED) is 0.830. The summed E-state index contributed by atoms with van der Waals surface area (Å²) in [5, 5.41) is 3.03. The molecule has 20 heavy (non-hydrogen) atoms. The van der Waals surface area contributed by atoms with Crippen molar-refractivity contribution >= 4 is 5.91 Å². The van der Waals surface area contributed by atoms with E-state index < -0.39 is 0 Å². The molecule has 3 N–H and O–H groups in total. The Hall–Kier alpha value is -1.39. The number of likely N-dealkylation sites (N-methyl/N-ethyl adjacent to an activating group) is 1. The van der Waals surface area contributed by atoms with Gasteiger partial charge in [0.2, 0.25) is 5.91 Å². The van der Waals surface area contributed by atoms with E-state index in [0.717, 1.165) is 19.3 Å². The molecule has 4 heteroatoms. The summed E-state index contributed by atoms with van der Waals surface area (Å²) >= 11 is 0. The Morgan fingerprint density at radius 1 is 1.35 bits per heavy atom. The van der Waals surface area contributed by atoms with Gasteiger partial charge in [0.25, 0.3) is 0 Å². The second-order valence-corrected chi connectivity index (χ2v) is 6.09. The first-order chi connectivity index (χ1) is 9.50. The predicted molar refractivity (Wildman–Crippen MR) is 81.3 cm³/mol. The molecule has 0 spiro atoms. The third kappa shape index (κ3) is 3.81. The maximum atomic E-state index is 12.0. The maximum Gasteiger partial charge on any atom is 0.221 e. The molecule has 4 nitrogen and oxygen atoms in total. The molecule has 1 atom stereocenters. The zero-order chi connectivity index (χ0) is 14.6. The van der Waals surface area contributed by atoms with E-state index in [-0.39, 0.29) is 17.5 Å². The molecule has 1 aliphatic rings. The minimum absolute atomic E-state index is 0.0648. The Morgan fingerprint density at radius 2 is 2.00 bits per heavy atom. The second-order valence-electron chi connectivity index (χ2n) is 6.09. The predicted octanol–water partition coefficient (Wildman–Crippen LogP) is 1.68. The summed E-state index contributed by atoms with van der Waals surface area (Å²) in [5.41, 5.74) is 7.08. The summed E-state index contributed by atoms with van der Waals surface area (Å²) in [4.78, 5) is 14.1. The van der Waals surface area contributed by atoms with Crippen LogP contribution < -0.4 is 11.1 Å². The Morgan fingerprint density at radius 3 is 2.50 bits per heavy atom. The van der Waals surface area contributed by atoms with Gasteiger partial charge in [0.1, 0.15) is 0 Å². The van der Waals surface area contributed by atoms with Crippen LogP contribution in [0.25, 0.3) is 0 Å². The molecule has 0 aromatic heterocycles. The van der Waals surface area contributed by atoms with Crippen molar-refractivity contribution in [1.29, 1.82) is 0 Å². The summed E-state index contributed by atoms with van der Waals surface area (Å²) in [6.45, 7) is 0.617. The number of amides is 1. The van der Waals surface area contributed by atoms with Crippen molar-refractivity contribution in [1.82, 2.24) is 10.2 Å². The Labute approximate surface area is 121 Å². The summed E-state index contributed by atoms with van der Waals surface area (Å²) in [5.74, 6) is 0.0648. The van der Waals surface area contributed by atoms with E-state index in [9.17, 15) is 4.79 Å².